The molecule has 98 valence electrons. The molecule has 1 fully saturated rings. The van der Waals surface area contributed by atoms with Gasteiger partial charge in [-0.3, -0.25) is 0 Å². The van der Waals surface area contributed by atoms with Crippen molar-refractivity contribution in [2.24, 2.45) is 5.41 Å². The average molecular weight is 269 g/mol. The number of nitrogens with one attached hydrogen (secondary N) is 2. The first-order valence-electron chi connectivity index (χ1n) is 5.91. The van der Waals surface area contributed by atoms with Gasteiger partial charge in [-0.1, -0.05) is 37.6 Å². The number of rotatable bonds is 2. The zero-order valence-corrected chi connectivity index (χ0v) is 11.2. The van der Waals surface area contributed by atoms with Gasteiger partial charge in [0.05, 0.1) is 16.8 Å². The predicted octanol–water partition coefficient (Wildman–Crippen LogP) is 2.62. The molecule has 5 heteroatoms. The molecule has 1 aliphatic carbocycles. The standard InChI is InChI=1S/C13H17ClN2O2/c1-13(2)10(7-11(13)17)16-12(18)15-9-6-4-3-5-8(9)14/h3-6,10-11,17H,7H2,1-2H3,(H2,15,16,18). The Morgan fingerprint density at radius 3 is 2.67 bits per heavy atom. The minimum Gasteiger partial charge on any atom is -0.392 e. The molecule has 1 aromatic carbocycles. The SMILES string of the molecule is CC1(C)C(O)CC1NC(=O)Nc1ccccc1Cl. The van der Waals surface area contributed by atoms with E-state index in [1.54, 1.807) is 24.3 Å². The topological polar surface area (TPSA) is 61.4 Å². The number of aliphatic hydroxyl groups excluding tert-OH is 1. The number of urea groups is 1. The quantitative estimate of drug-likeness (QED) is 0.772. The van der Waals surface area contributed by atoms with Gasteiger partial charge in [-0.2, -0.15) is 0 Å². The van der Waals surface area contributed by atoms with Crippen LogP contribution in [0.25, 0.3) is 0 Å². The van der Waals surface area contributed by atoms with Crippen molar-refractivity contribution in [3.8, 4) is 0 Å². The lowest BCUT2D eigenvalue weighted by atomic mass is 9.65. The molecule has 18 heavy (non-hydrogen) atoms. The van der Waals surface area contributed by atoms with Gasteiger partial charge in [0.1, 0.15) is 0 Å². The summed E-state index contributed by atoms with van der Waals surface area (Å²) in [5.74, 6) is 0. The summed E-state index contributed by atoms with van der Waals surface area (Å²) in [5, 5.41) is 15.6. The summed E-state index contributed by atoms with van der Waals surface area (Å²) in [4.78, 5) is 11.8. The van der Waals surface area contributed by atoms with Gasteiger partial charge in [0.15, 0.2) is 0 Å². The van der Waals surface area contributed by atoms with Gasteiger partial charge in [0.25, 0.3) is 0 Å². The lowest BCUT2D eigenvalue weighted by Gasteiger charge is -2.49. The van der Waals surface area contributed by atoms with Crippen LogP contribution < -0.4 is 10.6 Å². The smallest absolute Gasteiger partial charge is 0.319 e. The Kier molecular flexibility index (Phi) is 3.50. The first-order chi connectivity index (χ1) is 8.41. The summed E-state index contributed by atoms with van der Waals surface area (Å²) in [6.07, 6.45) is 0.228. The number of anilines is 1. The van der Waals surface area contributed by atoms with E-state index in [2.05, 4.69) is 10.6 Å². The molecule has 1 saturated carbocycles. The van der Waals surface area contributed by atoms with Crippen LogP contribution in [0.2, 0.25) is 5.02 Å². The van der Waals surface area contributed by atoms with Crippen molar-refractivity contribution in [1.29, 1.82) is 0 Å². The summed E-state index contributed by atoms with van der Waals surface area (Å²) < 4.78 is 0. The van der Waals surface area contributed by atoms with Crippen molar-refractivity contribution in [2.75, 3.05) is 5.32 Å². The van der Waals surface area contributed by atoms with Crippen LogP contribution in [0.3, 0.4) is 0 Å². The summed E-state index contributed by atoms with van der Waals surface area (Å²) in [5.41, 5.74) is 0.298. The van der Waals surface area contributed by atoms with Gasteiger partial charge >= 0.3 is 6.03 Å². The zero-order valence-electron chi connectivity index (χ0n) is 10.4. The number of hydrogen-bond acceptors (Lipinski definition) is 2. The number of benzene rings is 1. The third-order valence-electron chi connectivity index (χ3n) is 3.64. The summed E-state index contributed by atoms with van der Waals surface area (Å²) >= 11 is 5.95. The molecule has 1 aromatic rings. The maximum atomic E-state index is 11.8. The van der Waals surface area contributed by atoms with Crippen LogP contribution in [-0.2, 0) is 0 Å². The van der Waals surface area contributed by atoms with Crippen LogP contribution in [-0.4, -0.2) is 23.3 Å². The Morgan fingerprint density at radius 2 is 2.11 bits per heavy atom. The van der Waals surface area contributed by atoms with Crippen molar-refractivity contribution in [3.05, 3.63) is 29.3 Å². The van der Waals surface area contributed by atoms with E-state index in [0.717, 1.165) is 0 Å². The Hall–Kier alpha value is -1.26. The van der Waals surface area contributed by atoms with Crippen molar-refractivity contribution in [3.63, 3.8) is 0 Å². The van der Waals surface area contributed by atoms with Gasteiger partial charge in [-0.15, -0.1) is 0 Å². The molecular formula is C13H17ClN2O2. The molecule has 3 N–H and O–H groups in total. The monoisotopic (exact) mass is 268 g/mol. The molecule has 0 aromatic heterocycles. The fraction of sp³-hybridized carbons (Fsp3) is 0.462. The van der Waals surface area contributed by atoms with Crippen molar-refractivity contribution >= 4 is 23.3 Å². The Bertz CT molecular complexity index is 462. The van der Waals surface area contributed by atoms with Gasteiger partial charge in [0, 0.05) is 11.5 Å². The van der Waals surface area contributed by atoms with Gasteiger partial charge in [-0.25, -0.2) is 4.79 Å². The normalized spacial score (nSPS) is 25.1. The highest BCUT2D eigenvalue weighted by atomic mass is 35.5. The van der Waals surface area contributed by atoms with Crippen molar-refractivity contribution in [1.82, 2.24) is 5.32 Å². The zero-order chi connectivity index (χ0) is 13.3. The molecule has 2 unspecified atom stereocenters. The van der Waals surface area contributed by atoms with E-state index in [4.69, 9.17) is 11.6 Å². The van der Waals surface area contributed by atoms with Gasteiger partial charge in [0.2, 0.25) is 0 Å². The van der Waals surface area contributed by atoms with E-state index in [0.29, 0.717) is 17.1 Å². The third-order valence-corrected chi connectivity index (χ3v) is 3.97. The van der Waals surface area contributed by atoms with E-state index in [1.165, 1.54) is 0 Å². The molecule has 0 radical (unpaired) electrons. The molecule has 2 atom stereocenters. The lowest BCUT2D eigenvalue weighted by Crippen LogP contribution is -2.61. The molecule has 2 rings (SSSR count). The molecule has 0 aliphatic heterocycles. The van der Waals surface area contributed by atoms with E-state index in [1.807, 2.05) is 13.8 Å². The molecule has 0 spiro atoms. The number of amides is 2. The second-order valence-electron chi connectivity index (χ2n) is 5.20. The van der Waals surface area contributed by atoms with E-state index >= 15 is 0 Å². The second kappa shape index (κ2) is 4.78. The van der Waals surface area contributed by atoms with Crippen LogP contribution in [0, 0.1) is 5.41 Å². The van der Waals surface area contributed by atoms with Crippen LogP contribution in [0.4, 0.5) is 10.5 Å². The number of carbonyl (C=O) groups is 1. The molecule has 4 nitrogen and oxygen atoms in total. The van der Waals surface area contributed by atoms with E-state index < -0.39 is 0 Å². The highest BCUT2D eigenvalue weighted by molar-refractivity contribution is 6.33. The molecule has 1 aliphatic rings. The fourth-order valence-electron chi connectivity index (χ4n) is 2.03. The number of aliphatic hydroxyl groups is 1. The van der Waals surface area contributed by atoms with Crippen LogP contribution in [0.5, 0.6) is 0 Å². The minimum atomic E-state index is -0.358. The largest absolute Gasteiger partial charge is 0.392 e. The maximum absolute atomic E-state index is 11.8. The number of hydrogen-bond donors (Lipinski definition) is 3. The Balaban J connectivity index is 1.93. The molecular weight excluding hydrogens is 252 g/mol. The summed E-state index contributed by atoms with van der Waals surface area (Å²) in [7, 11) is 0. The van der Waals surface area contributed by atoms with Gasteiger partial charge in [-0.05, 0) is 18.6 Å². The molecule has 2 amide bonds. The van der Waals surface area contributed by atoms with Gasteiger partial charge < -0.3 is 15.7 Å². The first kappa shape index (κ1) is 13.2. The molecule has 0 heterocycles. The number of para-hydroxylation sites is 1. The van der Waals surface area contributed by atoms with Crippen LogP contribution in [0.1, 0.15) is 20.3 Å². The maximum Gasteiger partial charge on any atom is 0.319 e. The number of halogens is 1. The van der Waals surface area contributed by atoms with Crippen LogP contribution in [0.15, 0.2) is 24.3 Å². The summed E-state index contributed by atoms with van der Waals surface area (Å²) in [6.45, 7) is 3.86. The molecule has 0 saturated heterocycles. The number of carbonyl (C=O) groups excluding carboxylic acids is 1. The second-order valence-corrected chi connectivity index (χ2v) is 5.61. The summed E-state index contributed by atoms with van der Waals surface area (Å²) in [6, 6.07) is 6.75. The molecule has 0 bridgehead atoms. The van der Waals surface area contributed by atoms with Crippen molar-refractivity contribution < 1.29 is 9.90 Å². The highest BCUT2D eigenvalue weighted by Crippen LogP contribution is 2.40. The van der Waals surface area contributed by atoms with Crippen molar-refractivity contribution in [2.45, 2.75) is 32.4 Å². The van der Waals surface area contributed by atoms with E-state index in [9.17, 15) is 9.90 Å². The highest BCUT2D eigenvalue weighted by Gasteiger charge is 2.47. The van der Waals surface area contributed by atoms with Crippen LogP contribution >= 0.6 is 11.6 Å². The third kappa shape index (κ3) is 2.44. The first-order valence-corrected chi connectivity index (χ1v) is 6.29. The Labute approximate surface area is 111 Å². The average Bonchev–Trinajstić information content (AvgIpc) is 2.32. The Morgan fingerprint density at radius 1 is 1.44 bits per heavy atom. The lowest BCUT2D eigenvalue weighted by molar-refractivity contribution is -0.0673. The van der Waals surface area contributed by atoms with E-state index in [-0.39, 0.29) is 23.6 Å². The minimum absolute atomic E-state index is 0.0185. The fourth-order valence-corrected chi connectivity index (χ4v) is 2.21. The predicted molar refractivity (Wildman–Crippen MR) is 71.8 cm³/mol.